The fraction of sp³-hybridized carbons (Fsp3) is 0.286. The van der Waals surface area contributed by atoms with E-state index in [4.69, 9.17) is 5.11 Å². The highest BCUT2D eigenvalue weighted by Gasteiger charge is 2.21. The summed E-state index contributed by atoms with van der Waals surface area (Å²) in [6.45, 7) is -0.797. The van der Waals surface area contributed by atoms with Crippen LogP contribution in [0, 0.1) is 10.1 Å². The number of nitro groups is 1. The maximum absolute atomic E-state index is 12.2. The van der Waals surface area contributed by atoms with Gasteiger partial charge in [0.25, 0.3) is 17.7 Å². The smallest absolute Gasteiger partial charge is 0.291 e. The molecule has 1 aromatic heterocycles. The predicted molar refractivity (Wildman–Crippen MR) is 44.6 cm³/mol. The van der Waals surface area contributed by atoms with Crippen LogP contribution < -0.4 is 5.56 Å². The van der Waals surface area contributed by atoms with Gasteiger partial charge < -0.3 is 10.1 Å². The molecule has 8 heteroatoms. The summed E-state index contributed by atoms with van der Waals surface area (Å²) in [5.74, 6) is 0. The van der Waals surface area contributed by atoms with Gasteiger partial charge in [-0.1, -0.05) is 0 Å². The molecule has 0 bridgehead atoms. The first kappa shape index (κ1) is 11.2. The Morgan fingerprint density at radius 1 is 1.60 bits per heavy atom. The van der Waals surface area contributed by atoms with Crippen molar-refractivity contribution in [1.82, 2.24) is 4.98 Å². The van der Waals surface area contributed by atoms with E-state index < -0.39 is 40.5 Å². The number of aromatic nitrogens is 1. The maximum atomic E-state index is 12.2. The Bertz CT molecular complexity index is 443. The SMILES string of the molecule is O=c1[nH]c(CO)c([N+](=O)[O-])cc1C(F)F. The van der Waals surface area contributed by atoms with Gasteiger partial charge in [-0.2, -0.15) is 0 Å². The summed E-state index contributed by atoms with van der Waals surface area (Å²) in [6, 6.07) is 0.467. The Hall–Kier alpha value is -1.83. The highest BCUT2D eigenvalue weighted by Crippen LogP contribution is 2.21. The third-order valence-electron chi connectivity index (χ3n) is 1.72. The van der Waals surface area contributed by atoms with Gasteiger partial charge in [0.2, 0.25) is 0 Å². The number of nitrogens with one attached hydrogen (secondary N) is 1. The first-order valence-electron chi connectivity index (χ1n) is 3.77. The molecule has 0 fully saturated rings. The summed E-state index contributed by atoms with van der Waals surface area (Å²) >= 11 is 0. The minimum Gasteiger partial charge on any atom is -0.390 e. The van der Waals surface area contributed by atoms with Crippen molar-refractivity contribution in [2.24, 2.45) is 0 Å². The van der Waals surface area contributed by atoms with Gasteiger partial charge in [-0.3, -0.25) is 14.9 Å². The van der Waals surface area contributed by atoms with E-state index in [1.165, 1.54) is 0 Å². The summed E-state index contributed by atoms with van der Waals surface area (Å²) in [6.07, 6.45) is -3.10. The Labute approximate surface area is 81.3 Å². The zero-order valence-corrected chi connectivity index (χ0v) is 7.24. The molecule has 0 saturated heterocycles. The molecule has 0 unspecified atom stereocenters. The van der Waals surface area contributed by atoms with Crippen LogP contribution in [-0.4, -0.2) is 15.0 Å². The minimum atomic E-state index is -3.10. The summed E-state index contributed by atoms with van der Waals surface area (Å²) in [4.78, 5) is 22.2. The fourth-order valence-corrected chi connectivity index (χ4v) is 1.02. The van der Waals surface area contributed by atoms with Gasteiger partial charge >= 0.3 is 0 Å². The number of hydrogen-bond donors (Lipinski definition) is 2. The van der Waals surface area contributed by atoms with Crippen LogP contribution in [0.3, 0.4) is 0 Å². The molecular formula is C7H6F2N2O4. The monoisotopic (exact) mass is 220 g/mol. The Morgan fingerprint density at radius 2 is 2.20 bits per heavy atom. The van der Waals surface area contributed by atoms with Crippen molar-refractivity contribution in [3.63, 3.8) is 0 Å². The van der Waals surface area contributed by atoms with Crippen LogP contribution in [0.5, 0.6) is 0 Å². The quantitative estimate of drug-likeness (QED) is 0.579. The summed E-state index contributed by atoms with van der Waals surface area (Å²) in [7, 11) is 0. The van der Waals surface area contributed by atoms with Crippen molar-refractivity contribution in [2.45, 2.75) is 13.0 Å². The summed E-state index contributed by atoms with van der Waals surface area (Å²) in [5, 5.41) is 19.1. The minimum absolute atomic E-state index is 0.394. The number of rotatable bonds is 3. The molecule has 0 amide bonds. The molecule has 6 nitrogen and oxygen atoms in total. The Balaban J connectivity index is 3.44. The number of H-pyrrole nitrogens is 1. The van der Waals surface area contributed by atoms with E-state index >= 15 is 0 Å². The van der Waals surface area contributed by atoms with Gasteiger partial charge in [-0.25, -0.2) is 8.78 Å². The number of aliphatic hydroxyl groups is 1. The number of aliphatic hydroxyl groups excluding tert-OH is 1. The van der Waals surface area contributed by atoms with Crippen molar-refractivity contribution in [3.05, 3.63) is 37.8 Å². The molecule has 1 heterocycles. The molecule has 1 aromatic rings. The van der Waals surface area contributed by atoms with E-state index in [1.807, 2.05) is 4.98 Å². The average molecular weight is 220 g/mol. The van der Waals surface area contributed by atoms with Crippen molar-refractivity contribution in [1.29, 1.82) is 0 Å². The second-order valence-corrected chi connectivity index (χ2v) is 2.63. The molecule has 0 spiro atoms. The first-order valence-corrected chi connectivity index (χ1v) is 3.77. The molecule has 0 aliphatic rings. The number of hydrogen-bond acceptors (Lipinski definition) is 4. The highest BCUT2D eigenvalue weighted by atomic mass is 19.3. The lowest BCUT2D eigenvalue weighted by atomic mass is 10.2. The average Bonchev–Trinajstić information content (AvgIpc) is 2.16. The van der Waals surface area contributed by atoms with Gasteiger partial charge in [0.05, 0.1) is 17.1 Å². The molecule has 1 rings (SSSR count). The molecule has 0 atom stereocenters. The second-order valence-electron chi connectivity index (χ2n) is 2.63. The van der Waals surface area contributed by atoms with E-state index in [1.54, 1.807) is 0 Å². The van der Waals surface area contributed by atoms with Gasteiger partial charge in [-0.05, 0) is 0 Å². The molecule has 2 N–H and O–H groups in total. The van der Waals surface area contributed by atoms with Crippen molar-refractivity contribution in [2.75, 3.05) is 0 Å². The number of pyridine rings is 1. The predicted octanol–water partition coefficient (Wildman–Crippen LogP) is 0.713. The normalized spacial score (nSPS) is 10.7. The lowest BCUT2D eigenvalue weighted by Crippen LogP contribution is -2.16. The molecule has 0 aromatic carbocycles. The van der Waals surface area contributed by atoms with Crippen molar-refractivity contribution < 1.29 is 18.8 Å². The van der Waals surface area contributed by atoms with E-state index in [-0.39, 0.29) is 0 Å². The summed E-state index contributed by atoms with van der Waals surface area (Å²) < 4.78 is 24.4. The van der Waals surface area contributed by atoms with Crippen molar-refractivity contribution in [3.8, 4) is 0 Å². The molecule has 15 heavy (non-hydrogen) atoms. The zero-order chi connectivity index (χ0) is 11.6. The van der Waals surface area contributed by atoms with Gasteiger partial charge in [0.15, 0.2) is 0 Å². The molecular weight excluding hydrogens is 214 g/mol. The van der Waals surface area contributed by atoms with Crippen LogP contribution in [0.15, 0.2) is 10.9 Å². The van der Waals surface area contributed by atoms with E-state index in [0.717, 1.165) is 0 Å². The largest absolute Gasteiger partial charge is 0.390 e. The highest BCUT2D eigenvalue weighted by molar-refractivity contribution is 5.38. The third-order valence-corrected chi connectivity index (χ3v) is 1.72. The van der Waals surface area contributed by atoms with Gasteiger partial charge in [-0.15, -0.1) is 0 Å². The topological polar surface area (TPSA) is 96.2 Å². The fourth-order valence-electron chi connectivity index (χ4n) is 1.02. The first-order chi connectivity index (χ1) is 6.97. The molecule has 0 aliphatic heterocycles. The number of halogens is 2. The molecule has 0 saturated carbocycles. The number of nitrogens with zero attached hydrogens (tertiary/aromatic N) is 1. The van der Waals surface area contributed by atoms with Crippen LogP contribution in [0.2, 0.25) is 0 Å². The van der Waals surface area contributed by atoms with Crippen LogP contribution in [-0.2, 0) is 6.61 Å². The van der Waals surface area contributed by atoms with Gasteiger partial charge in [0.1, 0.15) is 5.69 Å². The second kappa shape index (κ2) is 4.13. The number of alkyl halides is 2. The maximum Gasteiger partial charge on any atom is 0.291 e. The van der Waals surface area contributed by atoms with E-state index in [0.29, 0.717) is 6.07 Å². The molecule has 0 aliphatic carbocycles. The van der Waals surface area contributed by atoms with Crippen molar-refractivity contribution >= 4 is 5.69 Å². The third kappa shape index (κ3) is 2.15. The van der Waals surface area contributed by atoms with Crippen LogP contribution >= 0.6 is 0 Å². The lowest BCUT2D eigenvalue weighted by molar-refractivity contribution is -0.386. The zero-order valence-electron chi connectivity index (χ0n) is 7.24. The Morgan fingerprint density at radius 3 is 2.60 bits per heavy atom. The van der Waals surface area contributed by atoms with Gasteiger partial charge in [0, 0.05) is 6.07 Å². The standard InChI is InChI=1S/C7H6F2N2O4/c8-6(9)3-1-5(11(14)15)4(2-12)10-7(3)13/h1,6,12H,2H2,(H,10,13). The van der Waals surface area contributed by atoms with Crippen LogP contribution in [0.25, 0.3) is 0 Å². The van der Waals surface area contributed by atoms with E-state index in [2.05, 4.69) is 0 Å². The number of aromatic amines is 1. The lowest BCUT2D eigenvalue weighted by Gasteiger charge is -2.02. The van der Waals surface area contributed by atoms with Crippen LogP contribution in [0.4, 0.5) is 14.5 Å². The van der Waals surface area contributed by atoms with E-state index in [9.17, 15) is 23.7 Å². The molecule has 82 valence electrons. The van der Waals surface area contributed by atoms with Crippen LogP contribution in [0.1, 0.15) is 17.7 Å². The summed E-state index contributed by atoms with van der Waals surface area (Å²) in [5.41, 5.74) is -3.25. The molecule has 0 radical (unpaired) electrons. The Kier molecular flexibility index (Phi) is 3.10.